The van der Waals surface area contributed by atoms with Crippen molar-refractivity contribution in [1.82, 2.24) is 0 Å². The molecule has 0 spiro atoms. The van der Waals surface area contributed by atoms with Crippen LogP contribution in [0.2, 0.25) is 0 Å². The molecule has 128 valence electrons. The van der Waals surface area contributed by atoms with E-state index in [4.69, 9.17) is 4.18 Å². The van der Waals surface area contributed by atoms with E-state index in [1.54, 1.807) is 52.0 Å². The van der Waals surface area contributed by atoms with Gasteiger partial charge >= 0.3 is 0 Å². The van der Waals surface area contributed by atoms with Gasteiger partial charge in [-0.1, -0.05) is 17.7 Å². The van der Waals surface area contributed by atoms with Gasteiger partial charge in [-0.05, 0) is 46.8 Å². The molecule has 0 atom stereocenters. The molecule has 6 nitrogen and oxygen atoms in total. The molecule has 0 N–H and O–H groups in total. The number of aryl methyl sites for hydroxylation is 1. The molecule has 1 aromatic carbocycles. The highest BCUT2D eigenvalue weighted by Crippen LogP contribution is 2.14. The van der Waals surface area contributed by atoms with Crippen molar-refractivity contribution in [1.29, 1.82) is 0 Å². The molecule has 0 bridgehead atoms. The summed E-state index contributed by atoms with van der Waals surface area (Å²) in [5.74, 6) is 0. The van der Waals surface area contributed by atoms with Gasteiger partial charge in [-0.3, -0.25) is 8.37 Å². The molecule has 0 aliphatic rings. The summed E-state index contributed by atoms with van der Waals surface area (Å²) in [5, 5.41) is 0. The van der Waals surface area contributed by atoms with Crippen LogP contribution in [0.1, 0.15) is 33.3 Å². The SMILES string of the molecule is CC(C)OS(C)(=O)=O.Cc1ccc(S(=O)(=O)OC(C)C)cc1. The second-order valence-electron chi connectivity index (χ2n) is 5.26. The highest BCUT2D eigenvalue weighted by molar-refractivity contribution is 7.86. The third-order valence-electron chi connectivity index (χ3n) is 2.00. The van der Waals surface area contributed by atoms with Gasteiger partial charge in [0.25, 0.3) is 20.2 Å². The zero-order chi connectivity index (χ0) is 17.6. The molecule has 1 rings (SSSR count). The van der Waals surface area contributed by atoms with Crippen LogP contribution in [0.5, 0.6) is 0 Å². The first-order chi connectivity index (χ1) is 9.83. The Morgan fingerprint density at radius 3 is 1.50 bits per heavy atom. The fourth-order valence-corrected chi connectivity index (χ4v) is 3.15. The van der Waals surface area contributed by atoms with Gasteiger partial charge in [-0.2, -0.15) is 16.8 Å². The van der Waals surface area contributed by atoms with Gasteiger partial charge in [0.15, 0.2) is 0 Å². The molecule has 0 aliphatic heterocycles. The van der Waals surface area contributed by atoms with E-state index in [0.717, 1.165) is 11.8 Å². The monoisotopic (exact) mass is 352 g/mol. The Bertz CT molecular complexity index is 643. The molecule has 0 fully saturated rings. The van der Waals surface area contributed by atoms with Crippen molar-refractivity contribution < 1.29 is 25.2 Å². The van der Waals surface area contributed by atoms with E-state index in [1.807, 2.05) is 6.92 Å². The van der Waals surface area contributed by atoms with E-state index in [9.17, 15) is 16.8 Å². The average molecular weight is 352 g/mol. The average Bonchev–Trinajstić information content (AvgIpc) is 2.24. The summed E-state index contributed by atoms with van der Waals surface area (Å²) in [6.45, 7) is 8.61. The Labute approximate surface area is 133 Å². The van der Waals surface area contributed by atoms with Gasteiger partial charge in [0.05, 0.1) is 23.4 Å². The molecule has 0 unspecified atom stereocenters. The van der Waals surface area contributed by atoms with E-state index in [-0.39, 0.29) is 17.1 Å². The molecule has 0 amide bonds. The Morgan fingerprint density at radius 1 is 0.818 bits per heavy atom. The lowest BCUT2D eigenvalue weighted by atomic mass is 10.2. The topological polar surface area (TPSA) is 86.7 Å². The number of hydrogen-bond acceptors (Lipinski definition) is 6. The maximum absolute atomic E-state index is 11.5. The van der Waals surface area contributed by atoms with E-state index < -0.39 is 20.2 Å². The van der Waals surface area contributed by atoms with Crippen LogP contribution in [0, 0.1) is 6.92 Å². The Kier molecular flexibility index (Phi) is 8.24. The molecule has 0 aromatic heterocycles. The molecule has 1 aromatic rings. The van der Waals surface area contributed by atoms with Gasteiger partial charge < -0.3 is 0 Å². The van der Waals surface area contributed by atoms with Crippen LogP contribution >= 0.6 is 0 Å². The Morgan fingerprint density at radius 2 is 1.23 bits per heavy atom. The summed E-state index contributed by atoms with van der Waals surface area (Å²) in [6.07, 6.45) is 0.457. The van der Waals surface area contributed by atoms with Crippen LogP contribution < -0.4 is 0 Å². The van der Waals surface area contributed by atoms with Crippen LogP contribution in [0.3, 0.4) is 0 Å². The van der Waals surface area contributed by atoms with Gasteiger partial charge in [0, 0.05) is 0 Å². The summed E-state index contributed by atoms with van der Waals surface area (Å²) in [7, 11) is -6.80. The molecular weight excluding hydrogens is 328 g/mol. The van der Waals surface area contributed by atoms with Crippen LogP contribution in [-0.2, 0) is 28.6 Å². The maximum atomic E-state index is 11.5. The van der Waals surface area contributed by atoms with E-state index in [1.165, 1.54) is 0 Å². The summed E-state index contributed by atoms with van der Waals surface area (Å²) < 4.78 is 52.7. The third kappa shape index (κ3) is 9.88. The zero-order valence-corrected chi connectivity index (χ0v) is 15.4. The molecular formula is C14H24O6S2. The van der Waals surface area contributed by atoms with Crippen molar-refractivity contribution in [3.05, 3.63) is 29.8 Å². The number of rotatable bonds is 5. The molecule has 22 heavy (non-hydrogen) atoms. The first kappa shape index (κ1) is 21.0. The van der Waals surface area contributed by atoms with E-state index in [2.05, 4.69) is 4.18 Å². The lowest BCUT2D eigenvalue weighted by Crippen LogP contribution is -2.12. The predicted molar refractivity (Wildman–Crippen MR) is 85.7 cm³/mol. The van der Waals surface area contributed by atoms with Crippen molar-refractivity contribution in [2.75, 3.05) is 6.26 Å². The molecule has 8 heteroatoms. The third-order valence-corrected chi connectivity index (χ3v) is 4.22. The summed E-state index contributed by atoms with van der Waals surface area (Å²) in [4.78, 5) is 0.205. The lowest BCUT2D eigenvalue weighted by molar-refractivity contribution is 0.248. The molecule has 0 radical (unpaired) electrons. The number of benzene rings is 1. The predicted octanol–water partition coefficient (Wildman–Crippen LogP) is 2.48. The first-order valence-corrected chi connectivity index (χ1v) is 9.94. The quantitative estimate of drug-likeness (QED) is 0.757. The standard InChI is InChI=1S/C10H14O3S.C4H10O3S/c1-8(2)13-14(11,12)10-6-4-9(3)5-7-10;1-4(2)7-8(3,5)6/h4-8H,1-3H3;4H,1-3H3. The lowest BCUT2D eigenvalue weighted by Gasteiger charge is -2.08. The van der Waals surface area contributed by atoms with Crippen LogP contribution in [0.25, 0.3) is 0 Å². The Balaban J connectivity index is 0.000000472. The van der Waals surface area contributed by atoms with Gasteiger partial charge in [0.2, 0.25) is 0 Å². The summed E-state index contributed by atoms with van der Waals surface area (Å²) in [6, 6.07) is 6.59. The van der Waals surface area contributed by atoms with Crippen LogP contribution in [-0.4, -0.2) is 35.3 Å². The minimum Gasteiger partial charge on any atom is -0.268 e. The summed E-state index contributed by atoms with van der Waals surface area (Å²) in [5.41, 5.74) is 1.02. The number of hydrogen-bond donors (Lipinski definition) is 0. The zero-order valence-electron chi connectivity index (χ0n) is 13.7. The van der Waals surface area contributed by atoms with Crippen molar-refractivity contribution in [2.24, 2.45) is 0 Å². The van der Waals surface area contributed by atoms with Gasteiger partial charge in [-0.25, -0.2) is 0 Å². The minimum atomic E-state index is -3.58. The highest BCUT2D eigenvalue weighted by atomic mass is 32.2. The van der Waals surface area contributed by atoms with Crippen LogP contribution in [0.15, 0.2) is 29.2 Å². The second-order valence-corrected chi connectivity index (χ2v) is 8.43. The summed E-state index contributed by atoms with van der Waals surface area (Å²) >= 11 is 0. The fourth-order valence-electron chi connectivity index (χ4n) is 1.36. The second kappa shape index (κ2) is 8.61. The van der Waals surface area contributed by atoms with Crippen LogP contribution in [0.4, 0.5) is 0 Å². The minimum absolute atomic E-state index is 0.205. The first-order valence-electron chi connectivity index (χ1n) is 6.71. The largest absolute Gasteiger partial charge is 0.297 e. The van der Waals surface area contributed by atoms with E-state index >= 15 is 0 Å². The molecule has 0 saturated carbocycles. The smallest absolute Gasteiger partial charge is 0.268 e. The van der Waals surface area contributed by atoms with Gasteiger partial charge in [0.1, 0.15) is 0 Å². The molecule has 0 saturated heterocycles. The molecule has 0 heterocycles. The fraction of sp³-hybridized carbons (Fsp3) is 0.571. The maximum Gasteiger partial charge on any atom is 0.297 e. The van der Waals surface area contributed by atoms with E-state index in [0.29, 0.717) is 0 Å². The van der Waals surface area contributed by atoms with Gasteiger partial charge in [-0.15, -0.1) is 0 Å². The normalized spacial score (nSPS) is 12.2. The van der Waals surface area contributed by atoms with Crippen molar-refractivity contribution in [3.63, 3.8) is 0 Å². The highest BCUT2D eigenvalue weighted by Gasteiger charge is 2.16. The molecule has 0 aliphatic carbocycles. The van der Waals surface area contributed by atoms with Crippen molar-refractivity contribution in [2.45, 2.75) is 51.7 Å². The Hall–Kier alpha value is -0.960. The van der Waals surface area contributed by atoms with Crippen molar-refractivity contribution in [3.8, 4) is 0 Å². The van der Waals surface area contributed by atoms with Crippen molar-refractivity contribution >= 4 is 20.2 Å².